The molecule has 1 aliphatic rings. The largest absolute Gasteiger partial charge is 0.497 e. The monoisotopic (exact) mass is 288 g/mol. The van der Waals surface area contributed by atoms with Crippen LogP contribution >= 0.6 is 0 Å². The highest BCUT2D eigenvalue weighted by atomic mass is 16.5. The number of carbonyl (C=O) groups is 1. The summed E-state index contributed by atoms with van der Waals surface area (Å²) >= 11 is 0. The van der Waals surface area contributed by atoms with Gasteiger partial charge in [-0.2, -0.15) is 5.26 Å². The van der Waals surface area contributed by atoms with Crippen molar-refractivity contribution in [3.8, 4) is 11.8 Å². The minimum Gasteiger partial charge on any atom is -0.497 e. The summed E-state index contributed by atoms with van der Waals surface area (Å²) in [6.45, 7) is 0. The van der Waals surface area contributed by atoms with Crippen LogP contribution in [0.2, 0.25) is 0 Å². The molecule has 1 aromatic carbocycles. The fraction of sp³-hybridized carbons (Fsp3) is 0.500. The second-order valence-electron chi connectivity index (χ2n) is 5.24. The molecule has 2 rings (SSSR count). The lowest BCUT2D eigenvalue weighted by atomic mass is 9.84. The van der Waals surface area contributed by atoms with Gasteiger partial charge < -0.3 is 14.8 Å². The van der Waals surface area contributed by atoms with Crippen LogP contribution in [0.4, 0.5) is 5.69 Å². The molecule has 5 heteroatoms. The molecular weight excluding hydrogens is 268 g/mol. The number of anilines is 1. The first kappa shape index (κ1) is 15.3. The van der Waals surface area contributed by atoms with Gasteiger partial charge in [0.2, 0.25) is 0 Å². The summed E-state index contributed by atoms with van der Waals surface area (Å²) in [7, 11) is 3.11. The molecule has 1 saturated carbocycles. The number of ether oxygens (including phenoxy) is 2. The van der Waals surface area contributed by atoms with Crippen LogP contribution in [0, 0.1) is 11.3 Å². The summed E-state index contributed by atoms with van der Waals surface area (Å²) in [4.78, 5) is 12.6. The van der Waals surface area contributed by atoms with Gasteiger partial charge in [-0.1, -0.05) is 19.3 Å². The molecule has 0 aromatic heterocycles. The Morgan fingerprint density at radius 1 is 1.29 bits per heavy atom. The summed E-state index contributed by atoms with van der Waals surface area (Å²) in [6, 6.07) is 7.08. The predicted molar refractivity (Wildman–Crippen MR) is 79.2 cm³/mol. The summed E-state index contributed by atoms with van der Waals surface area (Å²) < 4.78 is 10.6. The lowest BCUT2D eigenvalue weighted by Gasteiger charge is -2.34. The Hall–Kier alpha value is -2.06. The molecule has 1 fully saturated rings. The normalized spacial score (nSPS) is 16.8. The molecule has 1 aliphatic carbocycles. The quantitative estimate of drug-likeness (QED) is 0.924. The van der Waals surface area contributed by atoms with Crippen LogP contribution in [0.3, 0.4) is 0 Å². The number of nitrogens with zero attached hydrogens (tertiary/aromatic N) is 1. The van der Waals surface area contributed by atoms with Gasteiger partial charge in [-0.15, -0.1) is 0 Å². The van der Waals surface area contributed by atoms with Crippen molar-refractivity contribution in [2.24, 2.45) is 0 Å². The molecule has 1 aromatic rings. The van der Waals surface area contributed by atoms with Crippen LogP contribution in [0.5, 0.6) is 5.75 Å². The van der Waals surface area contributed by atoms with E-state index in [1.165, 1.54) is 7.11 Å². The van der Waals surface area contributed by atoms with E-state index in [2.05, 4.69) is 11.4 Å². The molecule has 0 radical (unpaired) electrons. The average molecular weight is 288 g/mol. The third-order valence-electron chi connectivity index (χ3n) is 4.06. The predicted octanol–water partition coefficient (Wildman–Crippen LogP) is 2.85. The van der Waals surface area contributed by atoms with Crippen LogP contribution in [-0.4, -0.2) is 25.7 Å². The molecule has 0 unspecified atom stereocenters. The maximum atomic E-state index is 12.6. The molecular formula is C16H20N2O3. The fourth-order valence-electron chi connectivity index (χ4n) is 2.73. The van der Waals surface area contributed by atoms with Crippen LogP contribution in [0.1, 0.15) is 37.7 Å². The molecule has 0 bridgehead atoms. The average Bonchev–Trinajstić information content (AvgIpc) is 2.55. The number of carbonyl (C=O) groups excluding carboxylic acids is 1. The minimum atomic E-state index is -0.773. The van der Waals surface area contributed by atoms with Crippen LogP contribution in [-0.2, 0) is 9.53 Å². The van der Waals surface area contributed by atoms with Crippen LogP contribution in [0.25, 0.3) is 0 Å². The number of methoxy groups -OCH3 is 2. The summed E-state index contributed by atoms with van der Waals surface area (Å²) in [5.41, 5.74) is 0.0975. The zero-order valence-corrected chi connectivity index (χ0v) is 12.4. The van der Waals surface area contributed by atoms with Gasteiger partial charge in [0.1, 0.15) is 17.4 Å². The maximum absolute atomic E-state index is 12.6. The summed E-state index contributed by atoms with van der Waals surface area (Å²) in [5.74, 6) is 0.412. The lowest BCUT2D eigenvalue weighted by Crippen LogP contribution is -2.46. The second kappa shape index (κ2) is 6.59. The highest BCUT2D eigenvalue weighted by molar-refractivity contribution is 5.98. The molecule has 112 valence electrons. The minimum absolute atomic E-state index is 0.175. The molecule has 0 heterocycles. The van der Waals surface area contributed by atoms with Gasteiger partial charge in [-0.25, -0.2) is 0 Å². The Labute approximate surface area is 124 Å². The number of rotatable bonds is 4. The van der Waals surface area contributed by atoms with E-state index < -0.39 is 5.60 Å². The van der Waals surface area contributed by atoms with Crippen molar-refractivity contribution in [1.82, 2.24) is 0 Å². The molecule has 0 atom stereocenters. The third kappa shape index (κ3) is 3.17. The first-order valence-corrected chi connectivity index (χ1v) is 7.10. The zero-order chi connectivity index (χ0) is 15.3. The zero-order valence-electron chi connectivity index (χ0n) is 12.4. The Bertz CT molecular complexity index is 557. The van der Waals surface area contributed by atoms with Gasteiger partial charge in [0, 0.05) is 7.11 Å². The smallest absolute Gasteiger partial charge is 0.256 e. The lowest BCUT2D eigenvalue weighted by molar-refractivity contribution is -0.141. The summed E-state index contributed by atoms with van der Waals surface area (Å²) in [5, 5.41) is 12.0. The van der Waals surface area contributed by atoms with Crippen molar-refractivity contribution in [1.29, 1.82) is 5.26 Å². The van der Waals surface area contributed by atoms with Crippen molar-refractivity contribution in [2.45, 2.75) is 37.7 Å². The van der Waals surface area contributed by atoms with E-state index in [4.69, 9.17) is 9.47 Å². The molecule has 0 spiro atoms. The first-order chi connectivity index (χ1) is 10.1. The van der Waals surface area contributed by atoms with Gasteiger partial charge in [0.05, 0.1) is 18.4 Å². The number of hydrogen-bond acceptors (Lipinski definition) is 4. The molecule has 1 N–H and O–H groups in total. The second-order valence-corrected chi connectivity index (χ2v) is 5.24. The van der Waals surface area contributed by atoms with Gasteiger partial charge in [0.25, 0.3) is 5.91 Å². The molecule has 5 nitrogen and oxygen atoms in total. The van der Waals surface area contributed by atoms with Gasteiger partial charge in [-0.05, 0) is 31.0 Å². The Balaban J connectivity index is 2.21. The maximum Gasteiger partial charge on any atom is 0.256 e. The number of nitrogens with one attached hydrogen (secondary N) is 1. The summed E-state index contributed by atoms with van der Waals surface area (Å²) in [6.07, 6.45) is 4.52. The van der Waals surface area contributed by atoms with Crippen molar-refractivity contribution in [3.05, 3.63) is 23.8 Å². The van der Waals surface area contributed by atoms with Crippen molar-refractivity contribution in [3.63, 3.8) is 0 Å². The highest BCUT2D eigenvalue weighted by Gasteiger charge is 2.39. The molecule has 1 amide bonds. The van der Waals surface area contributed by atoms with Gasteiger partial charge in [-0.3, -0.25) is 4.79 Å². The molecule has 0 aliphatic heterocycles. The van der Waals surface area contributed by atoms with E-state index in [-0.39, 0.29) is 5.91 Å². The van der Waals surface area contributed by atoms with E-state index in [0.29, 0.717) is 29.8 Å². The van der Waals surface area contributed by atoms with E-state index in [0.717, 1.165) is 19.3 Å². The van der Waals surface area contributed by atoms with E-state index in [1.807, 2.05) is 0 Å². The third-order valence-corrected chi connectivity index (χ3v) is 4.06. The number of benzene rings is 1. The van der Waals surface area contributed by atoms with Crippen molar-refractivity contribution < 1.29 is 14.3 Å². The SMILES string of the molecule is COc1ccc(NC(=O)C2(OC)CCCCC2)c(C#N)c1. The standard InChI is InChI=1S/C16H20N2O3/c1-20-13-6-7-14(12(10-13)11-17)18-15(19)16(21-2)8-4-3-5-9-16/h6-7,10H,3-5,8-9H2,1-2H3,(H,18,19). The number of amides is 1. The van der Waals surface area contributed by atoms with E-state index in [1.54, 1.807) is 25.3 Å². The van der Waals surface area contributed by atoms with Crippen molar-refractivity contribution >= 4 is 11.6 Å². The number of hydrogen-bond donors (Lipinski definition) is 1. The Morgan fingerprint density at radius 2 is 2.00 bits per heavy atom. The topological polar surface area (TPSA) is 71.3 Å². The molecule has 0 saturated heterocycles. The van der Waals surface area contributed by atoms with Crippen LogP contribution < -0.4 is 10.1 Å². The molecule has 21 heavy (non-hydrogen) atoms. The fourth-order valence-corrected chi connectivity index (χ4v) is 2.73. The Kier molecular flexibility index (Phi) is 4.81. The van der Waals surface area contributed by atoms with Crippen LogP contribution in [0.15, 0.2) is 18.2 Å². The first-order valence-electron chi connectivity index (χ1n) is 7.10. The van der Waals surface area contributed by atoms with Crippen molar-refractivity contribution in [2.75, 3.05) is 19.5 Å². The number of nitriles is 1. The van der Waals surface area contributed by atoms with Gasteiger partial charge in [0.15, 0.2) is 0 Å². The Morgan fingerprint density at radius 3 is 2.57 bits per heavy atom. The van der Waals surface area contributed by atoms with E-state index >= 15 is 0 Å². The van der Waals surface area contributed by atoms with E-state index in [9.17, 15) is 10.1 Å². The highest BCUT2D eigenvalue weighted by Crippen LogP contribution is 2.33. The van der Waals surface area contributed by atoms with Gasteiger partial charge >= 0.3 is 0 Å².